The maximum absolute atomic E-state index is 12.1. The van der Waals surface area contributed by atoms with Crippen LogP contribution in [-0.2, 0) is 9.59 Å². The van der Waals surface area contributed by atoms with Crippen molar-refractivity contribution >= 4 is 23.4 Å². The SMILES string of the molecule is N#CCC(=O)N1CCC2(CCC(c3cccc4nc(NC(=O)C5CC5)nn34)CC2)C1. The second-order valence-corrected chi connectivity index (χ2v) is 9.09. The zero-order chi connectivity index (χ0) is 20.7. The minimum absolute atomic E-state index is 0.0174. The molecule has 2 amide bonds. The second-order valence-electron chi connectivity index (χ2n) is 9.09. The van der Waals surface area contributed by atoms with Gasteiger partial charge in [-0.1, -0.05) is 6.07 Å². The van der Waals surface area contributed by atoms with E-state index in [4.69, 9.17) is 5.26 Å². The minimum Gasteiger partial charge on any atom is -0.341 e. The van der Waals surface area contributed by atoms with E-state index in [1.54, 1.807) is 0 Å². The summed E-state index contributed by atoms with van der Waals surface area (Å²) >= 11 is 0. The Balaban J connectivity index is 1.28. The Morgan fingerprint density at radius 3 is 2.73 bits per heavy atom. The lowest BCUT2D eigenvalue weighted by Gasteiger charge is -2.37. The average Bonchev–Trinajstić information content (AvgIpc) is 3.40. The van der Waals surface area contributed by atoms with E-state index in [1.807, 2.05) is 27.6 Å². The van der Waals surface area contributed by atoms with Crippen LogP contribution in [0.15, 0.2) is 18.2 Å². The topological polar surface area (TPSA) is 103 Å². The molecule has 3 fully saturated rings. The summed E-state index contributed by atoms with van der Waals surface area (Å²) in [6.07, 6.45) is 7.15. The van der Waals surface area contributed by atoms with Crippen LogP contribution in [0.25, 0.3) is 5.65 Å². The predicted octanol–water partition coefficient (Wildman–Crippen LogP) is 2.87. The summed E-state index contributed by atoms with van der Waals surface area (Å²) in [7, 11) is 0. The van der Waals surface area contributed by atoms with Gasteiger partial charge in [-0.05, 0) is 62.5 Å². The number of carbonyl (C=O) groups is 2. The Morgan fingerprint density at radius 1 is 1.20 bits per heavy atom. The smallest absolute Gasteiger partial charge is 0.249 e. The summed E-state index contributed by atoms with van der Waals surface area (Å²) in [5.74, 6) is 0.871. The summed E-state index contributed by atoms with van der Waals surface area (Å²) in [6.45, 7) is 1.55. The molecule has 2 aromatic heterocycles. The predicted molar refractivity (Wildman–Crippen MR) is 109 cm³/mol. The van der Waals surface area contributed by atoms with Gasteiger partial charge in [0.05, 0.1) is 6.07 Å². The number of carbonyl (C=O) groups excluding carboxylic acids is 2. The highest BCUT2D eigenvalue weighted by Crippen LogP contribution is 2.48. The molecular weight excluding hydrogens is 380 g/mol. The number of anilines is 1. The van der Waals surface area contributed by atoms with Crippen LogP contribution in [0.4, 0.5) is 5.95 Å². The first kappa shape index (κ1) is 19.0. The minimum atomic E-state index is -0.0374. The number of nitrogens with one attached hydrogen (secondary N) is 1. The van der Waals surface area contributed by atoms with E-state index in [9.17, 15) is 9.59 Å². The first-order valence-corrected chi connectivity index (χ1v) is 10.9. The van der Waals surface area contributed by atoms with Crippen LogP contribution in [0.1, 0.15) is 63.0 Å². The van der Waals surface area contributed by atoms with Crippen molar-refractivity contribution in [1.82, 2.24) is 19.5 Å². The quantitative estimate of drug-likeness (QED) is 0.841. The van der Waals surface area contributed by atoms with E-state index in [0.29, 0.717) is 11.9 Å². The number of fused-ring (bicyclic) bond motifs is 1. The van der Waals surface area contributed by atoms with Crippen LogP contribution in [0.5, 0.6) is 0 Å². The molecule has 5 rings (SSSR count). The molecule has 0 bridgehead atoms. The van der Waals surface area contributed by atoms with Gasteiger partial charge in [0.2, 0.25) is 17.8 Å². The number of likely N-dealkylation sites (tertiary alicyclic amines) is 1. The maximum atomic E-state index is 12.1. The van der Waals surface area contributed by atoms with Crippen molar-refractivity contribution in [3.05, 3.63) is 23.9 Å². The van der Waals surface area contributed by atoms with Gasteiger partial charge in [-0.25, -0.2) is 4.52 Å². The van der Waals surface area contributed by atoms with Gasteiger partial charge in [-0.15, -0.1) is 5.10 Å². The zero-order valence-electron chi connectivity index (χ0n) is 17.0. The zero-order valence-corrected chi connectivity index (χ0v) is 17.0. The Bertz CT molecular complexity index is 1030. The summed E-state index contributed by atoms with van der Waals surface area (Å²) in [5, 5.41) is 16.2. The fourth-order valence-corrected chi connectivity index (χ4v) is 5.11. The largest absolute Gasteiger partial charge is 0.341 e. The van der Waals surface area contributed by atoms with Crippen LogP contribution >= 0.6 is 0 Å². The van der Waals surface area contributed by atoms with E-state index in [1.165, 1.54) is 0 Å². The van der Waals surface area contributed by atoms with Gasteiger partial charge in [0.15, 0.2) is 5.65 Å². The lowest BCUT2D eigenvalue weighted by molar-refractivity contribution is -0.129. The van der Waals surface area contributed by atoms with Gasteiger partial charge >= 0.3 is 0 Å². The highest BCUT2D eigenvalue weighted by Gasteiger charge is 2.42. The second kappa shape index (κ2) is 7.38. The number of nitriles is 1. The fraction of sp³-hybridized carbons (Fsp3) is 0.591. The Morgan fingerprint density at radius 2 is 2.00 bits per heavy atom. The maximum Gasteiger partial charge on any atom is 0.249 e. The van der Waals surface area contributed by atoms with E-state index in [0.717, 1.165) is 69.4 Å². The summed E-state index contributed by atoms with van der Waals surface area (Å²) in [5.41, 5.74) is 2.09. The molecule has 3 heterocycles. The number of pyridine rings is 1. The number of amides is 2. The number of aromatic nitrogens is 3. The van der Waals surface area contributed by atoms with Gasteiger partial charge < -0.3 is 4.90 Å². The lowest BCUT2D eigenvalue weighted by Crippen LogP contribution is -2.34. The number of hydrogen-bond acceptors (Lipinski definition) is 5. The molecule has 1 spiro atoms. The molecule has 0 unspecified atom stereocenters. The van der Waals surface area contributed by atoms with Crippen LogP contribution < -0.4 is 5.32 Å². The molecule has 0 radical (unpaired) electrons. The van der Waals surface area contributed by atoms with Gasteiger partial charge in [0.25, 0.3) is 0 Å². The third kappa shape index (κ3) is 3.53. The highest BCUT2D eigenvalue weighted by atomic mass is 16.2. The molecule has 2 aromatic rings. The van der Waals surface area contributed by atoms with Crippen molar-refractivity contribution in [2.45, 2.75) is 57.3 Å². The molecule has 2 aliphatic carbocycles. The van der Waals surface area contributed by atoms with Gasteiger partial charge in [0.1, 0.15) is 6.42 Å². The molecule has 2 saturated carbocycles. The Kier molecular flexibility index (Phi) is 4.69. The van der Waals surface area contributed by atoms with Crippen molar-refractivity contribution < 1.29 is 9.59 Å². The van der Waals surface area contributed by atoms with Crippen LogP contribution in [0.2, 0.25) is 0 Å². The number of hydrogen-bond donors (Lipinski definition) is 1. The van der Waals surface area contributed by atoms with Crippen molar-refractivity contribution in [2.24, 2.45) is 11.3 Å². The summed E-state index contributed by atoms with van der Waals surface area (Å²) in [4.78, 5) is 30.5. The Hall–Kier alpha value is -2.95. The third-order valence-electron chi connectivity index (χ3n) is 7.06. The molecule has 1 saturated heterocycles. The first-order valence-electron chi connectivity index (χ1n) is 10.9. The number of rotatable bonds is 4. The monoisotopic (exact) mass is 406 g/mol. The standard InChI is InChI=1S/C22H26N6O2/c23-12-8-19(29)27-13-11-22(14-27)9-6-15(7-10-22)17-2-1-3-18-24-21(26-28(17)18)25-20(30)16-4-5-16/h1-3,15-16H,4-11,13-14H2,(H,25,26,30). The lowest BCUT2D eigenvalue weighted by atomic mass is 9.69. The van der Waals surface area contributed by atoms with Crippen molar-refractivity contribution in [2.75, 3.05) is 18.4 Å². The molecule has 0 aromatic carbocycles. The average molecular weight is 406 g/mol. The molecule has 156 valence electrons. The van der Waals surface area contributed by atoms with Crippen LogP contribution in [0.3, 0.4) is 0 Å². The van der Waals surface area contributed by atoms with E-state index >= 15 is 0 Å². The summed E-state index contributed by atoms with van der Waals surface area (Å²) < 4.78 is 1.88. The first-order chi connectivity index (χ1) is 14.6. The molecule has 1 N–H and O–H groups in total. The highest BCUT2D eigenvalue weighted by molar-refractivity contribution is 5.92. The van der Waals surface area contributed by atoms with Gasteiger partial charge in [0, 0.05) is 30.6 Å². The van der Waals surface area contributed by atoms with E-state index in [-0.39, 0.29) is 29.6 Å². The van der Waals surface area contributed by atoms with Gasteiger partial charge in [-0.3, -0.25) is 14.9 Å². The molecule has 8 heteroatoms. The van der Waals surface area contributed by atoms with E-state index < -0.39 is 0 Å². The van der Waals surface area contributed by atoms with Crippen molar-refractivity contribution in [1.29, 1.82) is 5.26 Å². The third-order valence-corrected chi connectivity index (χ3v) is 7.06. The molecule has 0 atom stereocenters. The van der Waals surface area contributed by atoms with Gasteiger partial charge in [-0.2, -0.15) is 10.2 Å². The molecule has 8 nitrogen and oxygen atoms in total. The normalized spacial score (nSPS) is 26.1. The van der Waals surface area contributed by atoms with Crippen LogP contribution in [0, 0.1) is 22.7 Å². The Labute approximate surface area is 175 Å². The van der Waals surface area contributed by atoms with Crippen molar-refractivity contribution in [3.63, 3.8) is 0 Å². The summed E-state index contributed by atoms with van der Waals surface area (Å²) in [6, 6.07) is 8.00. The van der Waals surface area contributed by atoms with Crippen molar-refractivity contribution in [3.8, 4) is 6.07 Å². The molecule has 30 heavy (non-hydrogen) atoms. The van der Waals surface area contributed by atoms with Crippen LogP contribution in [-0.4, -0.2) is 44.4 Å². The molecule has 3 aliphatic rings. The fourth-order valence-electron chi connectivity index (χ4n) is 5.11. The molecule has 1 aliphatic heterocycles. The number of nitrogens with zero attached hydrogens (tertiary/aromatic N) is 5. The molecular formula is C22H26N6O2. The van der Waals surface area contributed by atoms with E-state index in [2.05, 4.69) is 21.5 Å².